The van der Waals surface area contributed by atoms with Gasteiger partial charge in [-0.1, -0.05) is 17.7 Å². The predicted molar refractivity (Wildman–Crippen MR) is 128 cm³/mol. The van der Waals surface area contributed by atoms with Crippen molar-refractivity contribution in [3.05, 3.63) is 68.2 Å². The van der Waals surface area contributed by atoms with E-state index in [2.05, 4.69) is 4.98 Å². The molecule has 0 spiro atoms. The standard InChI is InChI=1S/C24H18ClF3N4O5/c1-9(33)37-17-3-2-10-6-31(7-12(10)17)20-14(26)4-11-19(18(20)25)32(8-13(21(11)34)24(35)36)23-16(28)5-15(27)22(29)30-23/h2,4-5,8,12,17H,3,6-7H2,1H3,(H2,29,30)(H,35,36). The van der Waals surface area contributed by atoms with Crippen LogP contribution < -0.4 is 16.1 Å². The number of nitrogens with zero attached hydrogens (tertiary/aromatic N) is 3. The molecule has 3 heterocycles. The first-order chi connectivity index (χ1) is 17.5. The number of aromatic nitrogens is 2. The summed E-state index contributed by atoms with van der Waals surface area (Å²) in [6, 6.07) is 1.27. The molecule has 13 heteroatoms. The van der Waals surface area contributed by atoms with Gasteiger partial charge in [0.1, 0.15) is 17.5 Å². The Morgan fingerprint density at radius 1 is 1.22 bits per heavy atom. The van der Waals surface area contributed by atoms with Crippen LogP contribution in [-0.2, 0) is 9.53 Å². The lowest BCUT2D eigenvalue weighted by Crippen LogP contribution is -2.28. The number of pyridine rings is 2. The highest BCUT2D eigenvalue weighted by atomic mass is 35.5. The lowest BCUT2D eigenvalue weighted by molar-refractivity contribution is -0.147. The molecule has 1 saturated heterocycles. The number of halogens is 4. The van der Waals surface area contributed by atoms with E-state index in [1.807, 2.05) is 6.08 Å². The first-order valence-corrected chi connectivity index (χ1v) is 11.4. The van der Waals surface area contributed by atoms with Crippen LogP contribution >= 0.6 is 11.6 Å². The molecule has 1 aromatic carbocycles. The van der Waals surface area contributed by atoms with Gasteiger partial charge in [0.05, 0.1) is 21.6 Å². The first-order valence-electron chi connectivity index (χ1n) is 11.0. The molecule has 2 atom stereocenters. The Bertz CT molecular complexity index is 1610. The highest BCUT2D eigenvalue weighted by Crippen LogP contribution is 2.43. The summed E-state index contributed by atoms with van der Waals surface area (Å²) in [5, 5.41) is 8.75. The van der Waals surface area contributed by atoms with Crippen LogP contribution in [0.1, 0.15) is 23.7 Å². The second-order valence-corrected chi connectivity index (χ2v) is 9.15. The fourth-order valence-electron chi connectivity index (χ4n) is 4.93. The third kappa shape index (κ3) is 3.97. The van der Waals surface area contributed by atoms with Crippen molar-refractivity contribution in [1.29, 1.82) is 0 Å². The second kappa shape index (κ2) is 8.80. The monoisotopic (exact) mass is 534 g/mol. The number of carbonyl (C=O) groups excluding carboxylic acids is 1. The van der Waals surface area contributed by atoms with E-state index in [4.69, 9.17) is 22.1 Å². The van der Waals surface area contributed by atoms with Crippen LogP contribution in [0, 0.1) is 23.4 Å². The quantitative estimate of drug-likeness (QED) is 0.385. The fourth-order valence-corrected chi connectivity index (χ4v) is 5.33. The van der Waals surface area contributed by atoms with Gasteiger partial charge in [0.2, 0.25) is 5.43 Å². The van der Waals surface area contributed by atoms with Gasteiger partial charge in [-0.25, -0.2) is 22.9 Å². The van der Waals surface area contributed by atoms with Crippen LogP contribution in [0.2, 0.25) is 5.02 Å². The second-order valence-electron chi connectivity index (χ2n) is 8.77. The van der Waals surface area contributed by atoms with E-state index < -0.39 is 63.5 Å². The Labute approximate surface area is 211 Å². The Morgan fingerprint density at radius 3 is 2.62 bits per heavy atom. The zero-order valence-corrected chi connectivity index (χ0v) is 19.9. The highest BCUT2D eigenvalue weighted by molar-refractivity contribution is 6.38. The molecule has 9 nitrogen and oxygen atoms in total. The minimum Gasteiger partial charge on any atom is -0.477 e. The number of hydrogen-bond donors (Lipinski definition) is 2. The molecule has 192 valence electrons. The van der Waals surface area contributed by atoms with Gasteiger partial charge in [0.25, 0.3) is 0 Å². The van der Waals surface area contributed by atoms with Gasteiger partial charge in [-0.2, -0.15) is 0 Å². The molecule has 2 aliphatic rings. The summed E-state index contributed by atoms with van der Waals surface area (Å²) in [6.07, 6.45) is 2.79. The number of nitrogens with two attached hydrogens (primary N) is 1. The fraction of sp³-hybridized carbons (Fsp3) is 0.250. The maximum Gasteiger partial charge on any atom is 0.341 e. The molecule has 1 fully saturated rings. The number of aromatic carboxylic acids is 1. The van der Waals surface area contributed by atoms with Crippen molar-refractivity contribution in [1.82, 2.24) is 9.55 Å². The normalized spacial score (nSPS) is 18.7. The number of anilines is 2. The number of nitrogen functional groups attached to an aromatic ring is 1. The SMILES string of the molecule is CC(=O)OC1CC=C2CN(c3c(F)cc4c(=O)c(C(=O)O)cn(-c5nc(N)c(F)cc5F)c4c3Cl)CC21. The summed E-state index contributed by atoms with van der Waals surface area (Å²) in [5.74, 6) is -6.92. The number of carboxylic acids is 1. The lowest BCUT2D eigenvalue weighted by Gasteiger charge is -2.24. The van der Waals surface area contributed by atoms with E-state index in [0.717, 1.165) is 22.4 Å². The average Bonchev–Trinajstić information content (AvgIpc) is 3.38. The number of carboxylic acid groups (broad SMARTS) is 1. The molecule has 3 N–H and O–H groups in total. The molecule has 1 aliphatic heterocycles. The molecule has 2 aromatic heterocycles. The van der Waals surface area contributed by atoms with Crippen LogP contribution in [-0.4, -0.2) is 45.8 Å². The number of fused-ring (bicyclic) bond motifs is 2. The summed E-state index contributed by atoms with van der Waals surface area (Å²) in [5.41, 5.74) is 4.18. The Morgan fingerprint density at radius 2 is 1.95 bits per heavy atom. The average molecular weight is 535 g/mol. The molecule has 0 bridgehead atoms. The van der Waals surface area contributed by atoms with E-state index in [0.29, 0.717) is 12.5 Å². The molecular weight excluding hydrogens is 517 g/mol. The van der Waals surface area contributed by atoms with Gasteiger partial charge in [-0.15, -0.1) is 0 Å². The summed E-state index contributed by atoms with van der Waals surface area (Å²) in [4.78, 5) is 41.4. The molecule has 0 radical (unpaired) electrons. The summed E-state index contributed by atoms with van der Waals surface area (Å²) < 4.78 is 50.3. The van der Waals surface area contributed by atoms with Crippen LogP contribution in [0.5, 0.6) is 0 Å². The van der Waals surface area contributed by atoms with E-state index in [9.17, 15) is 28.3 Å². The molecule has 3 aromatic rings. The summed E-state index contributed by atoms with van der Waals surface area (Å²) in [7, 11) is 0. The van der Waals surface area contributed by atoms with Crippen molar-refractivity contribution < 1.29 is 32.6 Å². The van der Waals surface area contributed by atoms with Crippen molar-refractivity contribution in [2.45, 2.75) is 19.4 Å². The Balaban J connectivity index is 1.73. The maximum absolute atomic E-state index is 15.5. The molecule has 0 saturated carbocycles. The van der Waals surface area contributed by atoms with Crippen molar-refractivity contribution in [2.24, 2.45) is 5.92 Å². The number of benzene rings is 1. The third-order valence-electron chi connectivity index (χ3n) is 6.51. The molecule has 2 unspecified atom stereocenters. The number of esters is 1. The van der Waals surface area contributed by atoms with Crippen molar-refractivity contribution in [3.63, 3.8) is 0 Å². The molecule has 5 rings (SSSR count). The topological polar surface area (TPSA) is 128 Å². The lowest BCUT2D eigenvalue weighted by atomic mass is 10.0. The van der Waals surface area contributed by atoms with E-state index in [1.165, 1.54) is 6.92 Å². The van der Waals surface area contributed by atoms with Gasteiger partial charge < -0.3 is 20.5 Å². The molecular formula is C24H18ClF3N4O5. The zero-order chi connectivity index (χ0) is 26.8. The molecule has 0 amide bonds. The van der Waals surface area contributed by atoms with Crippen LogP contribution in [0.15, 0.2) is 34.8 Å². The van der Waals surface area contributed by atoms with Crippen molar-refractivity contribution in [3.8, 4) is 5.82 Å². The van der Waals surface area contributed by atoms with Gasteiger partial charge in [-0.3, -0.25) is 14.2 Å². The zero-order valence-electron chi connectivity index (χ0n) is 19.1. The van der Waals surface area contributed by atoms with Crippen LogP contribution in [0.25, 0.3) is 16.7 Å². The van der Waals surface area contributed by atoms with Gasteiger partial charge in [0.15, 0.2) is 23.3 Å². The van der Waals surface area contributed by atoms with Crippen molar-refractivity contribution >= 4 is 45.9 Å². The first kappa shape index (κ1) is 24.6. The number of rotatable bonds is 4. The maximum atomic E-state index is 15.5. The Kier molecular flexibility index (Phi) is 5.86. The Hall–Kier alpha value is -4.06. The summed E-state index contributed by atoms with van der Waals surface area (Å²) in [6.45, 7) is 1.78. The number of ether oxygens (including phenoxy) is 1. The van der Waals surface area contributed by atoms with Crippen LogP contribution in [0.4, 0.5) is 24.7 Å². The van der Waals surface area contributed by atoms with Crippen LogP contribution in [0.3, 0.4) is 0 Å². The predicted octanol–water partition coefficient (Wildman–Crippen LogP) is 3.43. The summed E-state index contributed by atoms with van der Waals surface area (Å²) >= 11 is 6.64. The number of hydrogen-bond acceptors (Lipinski definition) is 7. The van der Waals surface area contributed by atoms with E-state index in [1.54, 1.807) is 4.90 Å². The van der Waals surface area contributed by atoms with Gasteiger partial charge in [-0.05, 0) is 11.6 Å². The van der Waals surface area contributed by atoms with Gasteiger partial charge >= 0.3 is 11.9 Å². The number of carbonyl (C=O) groups is 2. The molecule has 1 aliphatic carbocycles. The highest BCUT2D eigenvalue weighted by Gasteiger charge is 2.40. The largest absolute Gasteiger partial charge is 0.477 e. The van der Waals surface area contributed by atoms with E-state index >= 15 is 4.39 Å². The third-order valence-corrected chi connectivity index (χ3v) is 6.87. The van der Waals surface area contributed by atoms with Crippen molar-refractivity contribution in [2.75, 3.05) is 23.7 Å². The smallest absolute Gasteiger partial charge is 0.341 e. The van der Waals surface area contributed by atoms with E-state index in [-0.39, 0.29) is 35.2 Å². The molecule has 37 heavy (non-hydrogen) atoms. The van der Waals surface area contributed by atoms with Gasteiger partial charge in [0, 0.05) is 44.6 Å². The minimum atomic E-state index is -1.66. The minimum absolute atomic E-state index is 0.127.